The van der Waals surface area contributed by atoms with Crippen molar-refractivity contribution in [1.29, 1.82) is 0 Å². The van der Waals surface area contributed by atoms with Crippen molar-refractivity contribution in [3.05, 3.63) is 72.3 Å². The van der Waals surface area contributed by atoms with E-state index in [0.717, 1.165) is 34.4 Å². The number of amides is 2. The molecule has 0 aliphatic carbocycles. The Balaban J connectivity index is 1.18. The highest BCUT2D eigenvalue weighted by Gasteiger charge is 2.31. The molecule has 32 heavy (non-hydrogen) atoms. The van der Waals surface area contributed by atoms with Gasteiger partial charge in [-0.1, -0.05) is 60.7 Å². The maximum atomic E-state index is 13.3. The Hall–Kier alpha value is -4.01. The molecule has 160 valence electrons. The first-order valence-electron chi connectivity index (χ1n) is 10.8. The summed E-state index contributed by atoms with van der Waals surface area (Å²) in [5, 5.41) is 17.5. The average Bonchev–Trinajstić information content (AvgIpc) is 3.48. The lowest BCUT2D eigenvalue weighted by Crippen LogP contribution is -2.48. The molecule has 0 fully saturated rings. The summed E-state index contributed by atoms with van der Waals surface area (Å²) in [6, 6.07) is 20.1. The highest BCUT2D eigenvalue weighted by molar-refractivity contribution is 5.74. The molecular formula is C23H22N8O. The van der Waals surface area contributed by atoms with Crippen LogP contribution >= 0.6 is 0 Å². The maximum Gasteiger partial charge on any atom is 0.320 e. The van der Waals surface area contributed by atoms with Gasteiger partial charge in [-0.15, -0.1) is 20.4 Å². The van der Waals surface area contributed by atoms with Gasteiger partial charge in [0, 0.05) is 37.3 Å². The van der Waals surface area contributed by atoms with Gasteiger partial charge in [-0.3, -0.25) is 0 Å². The lowest BCUT2D eigenvalue weighted by atomic mass is 10.2. The first kappa shape index (κ1) is 18.7. The van der Waals surface area contributed by atoms with Gasteiger partial charge < -0.3 is 18.9 Å². The van der Waals surface area contributed by atoms with Gasteiger partial charge in [0.2, 0.25) is 0 Å². The number of hydrogen-bond donors (Lipinski definition) is 0. The van der Waals surface area contributed by atoms with Gasteiger partial charge >= 0.3 is 6.03 Å². The van der Waals surface area contributed by atoms with E-state index in [1.807, 2.05) is 70.5 Å². The first-order valence-corrected chi connectivity index (χ1v) is 10.8. The predicted octanol–water partition coefficient (Wildman–Crippen LogP) is 2.66. The highest BCUT2D eigenvalue weighted by atomic mass is 16.2. The van der Waals surface area contributed by atoms with E-state index in [1.54, 1.807) is 0 Å². The van der Waals surface area contributed by atoms with Gasteiger partial charge in [-0.25, -0.2) is 4.79 Å². The fraction of sp³-hybridized carbons (Fsp3) is 0.261. The minimum absolute atomic E-state index is 0.0102. The van der Waals surface area contributed by atoms with E-state index < -0.39 is 0 Å². The van der Waals surface area contributed by atoms with Crippen LogP contribution in [-0.2, 0) is 26.2 Å². The largest absolute Gasteiger partial charge is 0.320 e. The monoisotopic (exact) mass is 426 g/mol. The van der Waals surface area contributed by atoms with Gasteiger partial charge in [0.1, 0.15) is 0 Å². The molecule has 0 atom stereocenters. The number of carbonyl (C=O) groups is 1. The van der Waals surface area contributed by atoms with E-state index in [2.05, 4.69) is 29.5 Å². The zero-order chi connectivity index (χ0) is 21.5. The van der Waals surface area contributed by atoms with Crippen molar-refractivity contribution in [2.24, 2.45) is 0 Å². The molecule has 2 aromatic heterocycles. The second kappa shape index (κ2) is 7.60. The molecule has 2 aliphatic heterocycles. The molecule has 0 radical (unpaired) electrons. The standard InChI is InChI=1S/C23H22N8O/c32-23(28-11-13-30-19(15-28)24-26-21(30)17-7-3-1-4-8-17)29-12-14-31-20(16-29)25-27-22(31)18-9-5-2-6-10-18/h1-10H,11-16H2. The number of nitrogens with zero attached hydrogens (tertiary/aromatic N) is 8. The Morgan fingerprint density at radius 1 is 0.594 bits per heavy atom. The molecule has 2 amide bonds. The Kier molecular flexibility index (Phi) is 4.45. The van der Waals surface area contributed by atoms with E-state index in [0.29, 0.717) is 39.3 Å². The third-order valence-corrected chi connectivity index (χ3v) is 6.11. The van der Waals surface area contributed by atoms with Crippen molar-refractivity contribution in [3.63, 3.8) is 0 Å². The maximum absolute atomic E-state index is 13.3. The summed E-state index contributed by atoms with van der Waals surface area (Å²) in [5.41, 5.74) is 2.08. The predicted molar refractivity (Wildman–Crippen MR) is 117 cm³/mol. The molecule has 2 aromatic carbocycles. The minimum Gasteiger partial charge on any atom is -0.315 e. The molecule has 6 rings (SSSR count). The summed E-state index contributed by atoms with van der Waals surface area (Å²) >= 11 is 0. The zero-order valence-corrected chi connectivity index (χ0v) is 17.5. The van der Waals surface area contributed by atoms with Crippen LogP contribution in [0.2, 0.25) is 0 Å². The quantitative estimate of drug-likeness (QED) is 0.492. The van der Waals surface area contributed by atoms with Gasteiger partial charge in [0.15, 0.2) is 23.3 Å². The highest BCUT2D eigenvalue weighted by Crippen LogP contribution is 2.24. The Morgan fingerprint density at radius 3 is 1.47 bits per heavy atom. The molecule has 0 saturated heterocycles. The molecule has 4 heterocycles. The van der Waals surface area contributed by atoms with Gasteiger partial charge in [0.05, 0.1) is 13.1 Å². The van der Waals surface area contributed by atoms with Gasteiger partial charge in [0.25, 0.3) is 0 Å². The number of rotatable bonds is 2. The lowest BCUT2D eigenvalue weighted by molar-refractivity contribution is 0.128. The van der Waals surface area contributed by atoms with Crippen molar-refractivity contribution < 1.29 is 4.79 Å². The third kappa shape index (κ3) is 3.13. The Labute approximate surface area is 184 Å². The van der Waals surface area contributed by atoms with Crippen LogP contribution in [0.1, 0.15) is 11.6 Å². The van der Waals surface area contributed by atoms with Crippen molar-refractivity contribution in [2.75, 3.05) is 13.1 Å². The summed E-state index contributed by atoms with van der Waals surface area (Å²) in [4.78, 5) is 17.0. The summed E-state index contributed by atoms with van der Waals surface area (Å²) in [6.07, 6.45) is 0. The molecule has 2 aliphatic rings. The van der Waals surface area contributed by atoms with Crippen molar-refractivity contribution in [2.45, 2.75) is 26.2 Å². The summed E-state index contributed by atoms with van der Waals surface area (Å²) in [5.74, 6) is 3.34. The van der Waals surface area contributed by atoms with Crippen LogP contribution in [-0.4, -0.2) is 58.4 Å². The smallest absolute Gasteiger partial charge is 0.315 e. The number of fused-ring (bicyclic) bond motifs is 2. The van der Waals surface area contributed by atoms with Crippen molar-refractivity contribution in [3.8, 4) is 22.8 Å². The van der Waals surface area contributed by atoms with Crippen LogP contribution in [0, 0.1) is 0 Å². The van der Waals surface area contributed by atoms with E-state index in [1.165, 1.54) is 0 Å². The van der Waals surface area contributed by atoms with Crippen LogP contribution in [0.3, 0.4) is 0 Å². The Morgan fingerprint density at radius 2 is 1.03 bits per heavy atom. The number of benzene rings is 2. The number of carbonyl (C=O) groups excluding carboxylic acids is 1. The average molecular weight is 426 g/mol. The van der Waals surface area contributed by atoms with Gasteiger partial charge in [-0.05, 0) is 0 Å². The topological polar surface area (TPSA) is 85.0 Å². The first-order chi connectivity index (χ1) is 15.8. The Bertz CT molecular complexity index is 1170. The molecule has 9 heteroatoms. The number of aromatic nitrogens is 6. The van der Waals surface area contributed by atoms with Crippen LogP contribution in [0.15, 0.2) is 60.7 Å². The fourth-order valence-corrected chi connectivity index (χ4v) is 4.44. The molecule has 9 nitrogen and oxygen atoms in total. The zero-order valence-electron chi connectivity index (χ0n) is 17.5. The fourth-order valence-electron chi connectivity index (χ4n) is 4.44. The molecule has 0 N–H and O–H groups in total. The summed E-state index contributed by atoms with van der Waals surface area (Å²) in [6.45, 7) is 3.53. The van der Waals surface area contributed by atoms with E-state index in [-0.39, 0.29) is 6.03 Å². The van der Waals surface area contributed by atoms with Crippen molar-refractivity contribution in [1.82, 2.24) is 39.3 Å². The molecule has 4 aromatic rings. The minimum atomic E-state index is 0.0102. The molecule has 0 unspecified atom stereocenters. The van der Waals surface area contributed by atoms with E-state index in [9.17, 15) is 4.79 Å². The van der Waals surface area contributed by atoms with Crippen LogP contribution < -0.4 is 0 Å². The molecular weight excluding hydrogens is 404 g/mol. The SMILES string of the molecule is O=C(N1CCn2c(nnc2-c2ccccc2)C1)N1CCn2c(nnc2-c2ccccc2)C1. The second-order valence-corrected chi connectivity index (χ2v) is 8.04. The summed E-state index contributed by atoms with van der Waals surface area (Å²) < 4.78 is 4.22. The number of hydrogen-bond acceptors (Lipinski definition) is 5. The van der Waals surface area contributed by atoms with Crippen molar-refractivity contribution >= 4 is 6.03 Å². The second-order valence-electron chi connectivity index (χ2n) is 8.04. The van der Waals surface area contributed by atoms with E-state index >= 15 is 0 Å². The molecule has 0 bridgehead atoms. The molecule has 0 spiro atoms. The third-order valence-electron chi connectivity index (χ3n) is 6.11. The summed E-state index contributed by atoms with van der Waals surface area (Å²) in [7, 11) is 0. The normalized spacial score (nSPS) is 15.4. The lowest BCUT2D eigenvalue weighted by Gasteiger charge is -2.35. The van der Waals surface area contributed by atoms with Crippen LogP contribution in [0.5, 0.6) is 0 Å². The van der Waals surface area contributed by atoms with E-state index in [4.69, 9.17) is 0 Å². The van der Waals surface area contributed by atoms with Crippen LogP contribution in [0.25, 0.3) is 22.8 Å². The number of urea groups is 1. The molecule has 0 saturated carbocycles. The van der Waals surface area contributed by atoms with Gasteiger partial charge in [-0.2, -0.15) is 0 Å². The van der Waals surface area contributed by atoms with Crippen LogP contribution in [0.4, 0.5) is 4.79 Å².